The van der Waals surface area contributed by atoms with E-state index in [1.807, 2.05) is 0 Å². The second-order valence-corrected chi connectivity index (χ2v) is 9.40. The van der Waals surface area contributed by atoms with Gasteiger partial charge in [0, 0.05) is 23.0 Å². The summed E-state index contributed by atoms with van der Waals surface area (Å²) in [5.74, 6) is -0.953. The molecule has 2 aromatic carbocycles. The van der Waals surface area contributed by atoms with E-state index in [2.05, 4.69) is 26.0 Å². The van der Waals surface area contributed by atoms with Crippen molar-refractivity contribution in [2.45, 2.75) is 38.0 Å². The summed E-state index contributed by atoms with van der Waals surface area (Å²) < 4.78 is 7.57. The highest BCUT2D eigenvalue weighted by atomic mass is 79.9. The van der Waals surface area contributed by atoms with Crippen LogP contribution >= 0.6 is 39.3 Å². The average Bonchev–Trinajstić information content (AvgIpc) is 2.83. The predicted molar refractivity (Wildman–Crippen MR) is 130 cm³/mol. The molecule has 4 rings (SSSR count). The van der Waals surface area contributed by atoms with Crippen molar-refractivity contribution in [2.24, 2.45) is 0 Å². The lowest BCUT2D eigenvalue weighted by molar-refractivity contribution is -0.764. The highest BCUT2D eigenvalue weighted by Crippen LogP contribution is 2.45. The first kappa shape index (κ1) is 24.4. The summed E-state index contributed by atoms with van der Waals surface area (Å²) in [6, 6.07) is 10.3. The van der Waals surface area contributed by atoms with E-state index in [0.29, 0.717) is 26.3 Å². The van der Waals surface area contributed by atoms with Crippen LogP contribution in [0.4, 0.5) is 5.69 Å². The number of carbonyl (C=O) groups excluding carboxylic acids is 2. The predicted octanol–water partition coefficient (Wildman–Crippen LogP) is 4.26. The van der Waals surface area contributed by atoms with Crippen LogP contribution in [0.1, 0.15) is 38.4 Å². The Balaban J connectivity index is 2.11. The third kappa shape index (κ3) is 4.25. The zero-order chi connectivity index (χ0) is 24.6. The molecule has 8 nitrogen and oxygen atoms in total. The number of amides is 1. The number of esters is 1. The van der Waals surface area contributed by atoms with E-state index < -0.39 is 18.0 Å². The van der Waals surface area contributed by atoms with Gasteiger partial charge in [-0.3, -0.25) is 9.59 Å². The van der Waals surface area contributed by atoms with E-state index >= 15 is 0 Å². The summed E-state index contributed by atoms with van der Waals surface area (Å²) in [6.45, 7) is 3.43. The van der Waals surface area contributed by atoms with Crippen molar-refractivity contribution < 1.29 is 24.1 Å². The lowest BCUT2D eigenvalue weighted by Crippen LogP contribution is -2.59. The van der Waals surface area contributed by atoms with E-state index in [1.54, 1.807) is 61.4 Å². The molecule has 1 unspecified atom stereocenters. The summed E-state index contributed by atoms with van der Waals surface area (Å²) in [5.41, 5.74) is 1.68. The minimum Gasteiger partial charge on any atom is -0.854 e. The molecule has 0 spiro atoms. The number of benzene rings is 2. The third-order valence-electron chi connectivity index (χ3n) is 5.29. The van der Waals surface area contributed by atoms with Crippen LogP contribution in [0.25, 0.3) is 11.3 Å². The van der Waals surface area contributed by atoms with Gasteiger partial charge in [-0.2, -0.15) is 0 Å². The zero-order valence-corrected chi connectivity index (χ0v) is 21.7. The maximum atomic E-state index is 13.4. The number of hydrogen-bond donors (Lipinski definition) is 0. The van der Waals surface area contributed by atoms with Gasteiger partial charge in [-0.25, -0.2) is 9.88 Å². The molecule has 1 aliphatic heterocycles. The summed E-state index contributed by atoms with van der Waals surface area (Å²) in [5, 5.41) is 18.4. The Kier molecular flexibility index (Phi) is 7.11. The Labute approximate surface area is 214 Å². The first-order valence-corrected chi connectivity index (χ1v) is 12.9. The minimum atomic E-state index is -0.950. The Hall–Kier alpha value is -2.69. The molecule has 0 fully saturated rings. The number of rotatable bonds is 5. The molecule has 1 amide bonds. The first-order chi connectivity index (χ1) is 16.3. The monoisotopic (exact) mass is 562 g/mol. The SMILES string of the molecule is CCC(=O)Oc1c(Br)cc(Cl)cc1C1N(C(=O)CC)c2ccccc2-c2c([O-])nc(SC)n[n+]21. The molecule has 1 aliphatic rings. The van der Waals surface area contributed by atoms with Gasteiger partial charge in [0.2, 0.25) is 5.91 Å². The van der Waals surface area contributed by atoms with Crippen molar-refractivity contribution in [1.82, 2.24) is 10.1 Å². The van der Waals surface area contributed by atoms with E-state index in [-0.39, 0.29) is 35.3 Å². The number of para-hydroxylation sites is 1. The van der Waals surface area contributed by atoms with Crippen molar-refractivity contribution in [2.75, 3.05) is 11.2 Å². The lowest BCUT2D eigenvalue weighted by atomic mass is 10.0. The fraction of sp³-hybridized carbons (Fsp3) is 0.261. The maximum Gasteiger partial charge on any atom is 0.310 e. The van der Waals surface area contributed by atoms with Crippen LogP contribution in [-0.2, 0) is 9.59 Å². The maximum absolute atomic E-state index is 13.4. The van der Waals surface area contributed by atoms with Crippen LogP contribution in [0.3, 0.4) is 0 Å². The van der Waals surface area contributed by atoms with Crippen LogP contribution in [0, 0.1) is 0 Å². The summed E-state index contributed by atoms with van der Waals surface area (Å²) >= 11 is 11.1. The molecule has 0 N–H and O–H groups in total. The van der Waals surface area contributed by atoms with E-state index in [9.17, 15) is 14.7 Å². The molecule has 176 valence electrons. The zero-order valence-electron chi connectivity index (χ0n) is 18.5. The van der Waals surface area contributed by atoms with Crippen LogP contribution in [0.15, 0.2) is 46.0 Å². The second-order valence-electron chi connectivity index (χ2n) is 7.34. The molecule has 1 aromatic heterocycles. The van der Waals surface area contributed by atoms with E-state index in [0.717, 1.165) is 0 Å². The van der Waals surface area contributed by atoms with Gasteiger partial charge in [0.15, 0.2) is 5.75 Å². The summed E-state index contributed by atoms with van der Waals surface area (Å²) in [4.78, 5) is 31.3. The molecule has 0 bridgehead atoms. The van der Waals surface area contributed by atoms with Crippen molar-refractivity contribution in [3.63, 3.8) is 0 Å². The fourth-order valence-corrected chi connectivity index (χ4v) is 5.07. The summed E-state index contributed by atoms with van der Waals surface area (Å²) in [7, 11) is 0. The molecule has 11 heteroatoms. The Morgan fingerprint density at radius 2 is 2.00 bits per heavy atom. The highest BCUT2D eigenvalue weighted by molar-refractivity contribution is 9.10. The summed E-state index contributed by atoms with van der Waals surface area (Å²) in [6.07, 6.45) is 1.14. The smallest absolute Gasteiger partial charge is 0.310 e. The van der Waals surface area contributed by atoms with E-state index in [1.165, 1.54) is 16.4 Å². The van der Waals surface area contributed by atoms with Gasteiger partial charge in [0.05, 0.1) is 27.2 Å². The Morgan fingerprint density at radius 3 is 2.68 bits per heavy atom. The van der Waals surface area contributed by atoms with Crippen LogP contribution in [0.5, 0.6) is 11.6 Å². The van der Waals surface area contributed by atoms with Gasteiger partial charge < -0.3 is 9.84 Å². The van der Waals surface area contributed by atoms with E-state index in [4.69, 9.17) is 16.3 Å². The minimum absolute atomic E-state index is 0.146. The van der Waals surface area contributed by atoms with Crippen molar-refractivity contribution in [3.05, 3.63) is 51.5 Å². The largest absolute Gasteiger partial charge is 0.854 e. The number of anilines is 1. The first-order valence-electron chi connectivity index (χ1n) is 10.5. The van der Waals surface area contributed by atoms with Gasteiger partial charge in [0.1, 0.15) is 0 Å². The molecule has 0 aliphatic carbocycles. The highest BCUT2D eigenvalue weighted by Gasteiger charge is 2.46. The average molecular weight is 564 g/mol. The van der Waals surface area contributed by atoms with Crippen molar-refractivity contribution in [1.29, 1.82) is 0 Å². The number of nitrogens with zero attached hydrogens (tertiary/aromatic N) is 4. The quantitative estimate of drug-likeness (QED) is 0.198. The van der Waals surface area contributed by atoms with Gasteiger partial charge in [-0.1, -0.05) is 54.0 Å². The molecule has 1 atom stereocenters. The number of ether oxygens (including phenoxy) is 1. The number of halogens is 2. The molecular weight excluding hydrogens is 544 g/mol. The Morgan fingerprint density at radius 1 is 1.26 bits per heavy atom. The molecule has 3 aromatic rings. The van der Waals surface area contributed by atoms with Crippen LogP contribution in [0.2, 0.25) is 5.02 Å². The molecule has 2 heterocycles. The van der Waals surface area contributed by atoms with Crippen molar-refractivity contribution in [3.8, 4) is 22.9 Å². The topological polar surface area (TPSA) is 99.3 Å². The standard InChI is InChI=1S/C23H20BrClN4O4S/c1-4-17(30)28-16-9-7-6-8-13(16)19-21(32)26-23(34-3)27-29(19)22(28)14-10-12(25)11-15(24)20(14)33-18(31)5-2/h6-11,22H,4-5H2,1-3H3. The number of fused-ring (bicyclic) bond motifs is 3. The second kappa shape index (κ2) is 9.89. The normalized spacial score (nSPS) is 14.4. The number of aromatic nitrogens is 3. The van der Waals surface area contributed by atoms with Gasteiger partial charge >= 0.3 is 5.97 Å². The number of carbonyl (C=O) groups is 2. The molecule has 0 radical (unpaired) electrons. The van der Waals surface area contributed by atoms with Gasteiger partial charge in [-0.05, 0) is 46.5 Å². The fourth-order valence-electron chi connectivity index (χ4n) is 3.81. The van der Waals surface area contributed by atoms with Gasteiger partial charge in [0.25, 0.3) is 17.0 Å². The van der Waals surface area contributed by atoms with Gasteiger partial charge in [-0.15, -0.1) is 0 Å². The molecule has 0 saturated carbocycles. The molecular formula is C23H20BrClN4O4S. The lowest BCUT2D eigenvalue weighted by Gasteiger charge is -2.34. The van der Waals surface area contributed by atoms with Crippen LogP contribution in [-0.4, -0.2) is 28.2 Å². The van der Waals surface area contributed by atoms with Crippen molar-refractivity contribution >= 4 is 56.9 Å². The third-order valence-corrected chi connectivity index (χ3v) is 6.64. The number of thioether (sulfide) groups is 1. The van der Waals surface area contributed by atoms with Crippen LogP contribution < -0.4 is 19.4 Å². The Bertz CT molecular complexity index is 1310. The molecule has 34 heavy (non-hydrogen) atoms. The number of hydrogen-bond acceptors (Lipinski definition) is 7. The molecule has 0 saturated heterocycles.